The van der Waals surface area contributed by atoms with E-state index in [0.717, 1.165) is 31.6 Å². The fourth-order valence-corrected chi connectivity index (χ4v) is 3.60. The van der Waals surface area contributed by atoms with E-state index in [1.165, 1.54) is 23.8 Å². The summed E-state index contributed by atoms with van der Waals surface area (Å²) in [4.78, 5) is 18.6. The van der Waals surface area contributed by atoms with Crippen LogP contribution in [-0.2, 0) is 11.2 Å². The van der Waals surface area contributed by atoms with Crippen LogP contribution >= 0.6 is 11.3 Å². The van der Waals surface area contributed by atoms with Crippen LogP contribution in [0.1, 0.15) is 31.4 Å². The van der Waals surface area contributed by atoms with Crippen molar-refractivity contribution in [3.05, 3.63) is 41.2 Å². The second kappa shape index (κ2) is 7.01. The maximum Gasteiger partial charge on any atom is 0.222 e. The number of aromatic nitrogens is 1. The van der Waals surface area contributed by atoms with Crippen LogP contribution in [0.5, 0.6) is 0 Å². The lowest BCUT2D eigenvalue weighted by Gasteiger charge is -2.26. The lowest BCUT2D eigenvalue weighted by molar-refractivity contribution is -0.132. The Kier molecular flexibility index (Phi) is 4.83. The summed E-state index contributed by atoms with van der Waals surface area (Å²) < 4.78 is 13.7. The van der Waals surface area contributed by atoms with Gasteiger partial charge in [-0.2, -0.15) is 0 Å². The minimum absolute atomic E-state index is 0.208. The second-order valence-corrected chi connectivity index (χ2v) is 6.42. The minimum atomic E-state index is -0.257. The van der Waals surface area contributed by atoms with Crippen molar-refractivity contribution in [1.29, 1.82) is 0 Å². The zero-order chi connectivity index (χ0) is 15.4. The average Bonchev–Trinajstić information content (AvgIpc) is 3.02. The van der Waals surface area contributed by atoms with Crippen LogP contribution in [0.25, 0.3) is 10.6 Å². The molecule has 1 fully saturated rings. The Balaban J connectivity index is 1.60. The molecule has 0 bridgehead atoms. The number of rotatable bonds is 4. The molecule has 116 valence electrons. The Bertz CT molecular complexity index is 650. The maximum absolute atomic E-state index is 13.7. The van der Waals surface area contributed by atoms with Gasteiger partial charge in [0.2, 0.25) is 5.91 Å². The molecular weight excluding hydrogens is 299 g/mol. The molecule has 1 aromatic carbocycles. The first kappa shape index (κ1) is 15.2. The highest BCUT2D eigenvalue weighted by molar-refractivity contribution is 7.13. The van der Waals surface area contributed by atoms with E-state index in [4.69, 9.17) is 0 Å². The van der Waals surface area contributed by atoms with Gasteiger partial charge in [-0.05, 0) is 37.8 Å². The number of benzene rings is 1. The van der Waals surface area contributed by atoms with Crippen molar-refractivity contribution in [2.75, 3.05) is 13.1 Å². The molecule has 0 aliphatic carbocycles. The molecule has 0 unspecified atom stereocenters. The molecule has 3 rings (SSSR count). The van der Waals surface area contributed by atoms with Crippen molar-refractivity contribution < 1.29 is 9.18 Å². The third-order valence-electron chi connectivity index (χ3n) is 3.96. The van der Waals surface area contributed by atoms with Gasteiger partial charge in [0, 0.05) is 30.5 Å². The standard InChI is InChI=1S/C17H19FN2OS/c18-15-7-3-2-6-14(15)17-19-13(12-22-17)8-9-16(21)20-10-4-1-5-11-20/h2-3,6-7,12H,1,4-5,8-11H2. The summed E-state index contributed by atoms with van der Waals surface area (Å²) in [6.45, 7) is 1.77. The Morgan fingerprint density at radius 1 is 1.23 bits per heavy atom. The van der Waals surface area contributed by atoms with Crippen LogP contribution in [-0.4, -0.2) is 28.9 Å². The number of carbonyl (C=O) groups excluding carboxylic acids is 1. The number of thiazole rings is 1. The van der Waals surface area contributed by atoms with Crippen LogP contribution in [0.3, 0.4) is 0 Å². The molecule has 0 spiro atoms. The molecule has 1 aliphatic rings. The molecule has 22 heavy (non-hydrogen) atoms. The number of likely N-dealkylation sites (tertiary alicyclic amines) is 1. The minimum Gasteiger partial charge on any atom is -0.343 e. The van der Waals surface area contributed by atoms with Crippen molar-refractivity contribution in [2.24, 2.45) is 0 Å². The smallest absolute Gasteiger partial charge is 0.222 e. The molecule has 0 saturated carbocycles. The van der Waals surface area contributed by atoms with Crippen LogP contribution in [0.2, 0.25) is 0 Å². The highest BCUT2D eigenvalue weighted by Gasteiger charge is 2.17. The number of hydrogen-bond donors (Lipinski definition) is 0. The van der Waals surface area contributed by atoms with Crippen molar-refractivity contribution in [3.63, 3.8) is 0 Å². The summed E-state index contributed by atoms with van der Waals surface area (Å²) >= 11 is 1.43. The Morgan fingerprint density at radius 3 is 2.77 bits per heavy atom. The fraction of sp³-hybridized carbons (Fsp3) is 0.412. The predicted molar refractivity (Wildman–Crippen MR) is 86.3 cm³/mol. The molecule has 1 amide bonds. The maximum atomic E-state index is 13.7. The van der Waals surface area contributed by atoms with E-state index in [-0.39, 0.29) is 11.7 Å². The van der Waals surface area contributed by atoms with Crippen LogP contribution in [0.4, 0.5) is 4.39 Å². The molecular formula is C17H19FN2OS. The fourth-order valence-electron chi connectivity index (χ4n) is 2.72. The Labute approximate surface area is 133 Å². The zero-order valence-corrected chi connectivity index (χ0v) is 13.2. The first-order valence-corrected chi connectivity index (χ1v) is 8.59. The van der Waals surface area contributed by atoms with E-state index in [1.807, 2.05) is 10.3 Å². The van der Waals surface area contributed by atoms with Crippen molar-refractivity contribution in [2.45, 2.75) is 32.1 Å². The van der Waals surface area contributed by atoms with Gasteiger partial charge in [0.1, 0.15) is 10.8 Å². The van der Waals surface area contributed by atoms with Crippen molar-refractivity contribution >= 4 is 17.2 Å². The molecule has 0 atom stereocenters. The zero-order valence-electron chi connectivity index (χ0n) is 12.4. The summed E-state index contributed by atoms with van der Waals surface area (Å²) in [7, 11) is 0. The summed E-state index contributed by atoms with van der Waals surface area (Å²) in [5.41, 5.74) is 1.40. The quantitative estimate of drug-likeness (QED) is 0.857. The van der Waals surface area contributed by atoms with Crippen molar-refractivity contribution in [1.82, 2.24) is 9.88 Å². The molecule has 0 N–H and O–H groups in total. The predicted octanol–water partition coefficient (Wildman–Crippen LogP) is 3.89. The van der Waals surface area contributed by atoms with Crippen LogP contribution in [0, 0.1) is 5.82 Å². The Hall–Kier alpha value is -1.75. The first-order chi connectivity index (χ1) is 10.7. The first-order valence-electron chi connectivity index (χ1n) is 7.71. The average molecular weight is 318 g/mol. The van der Waals surface area contributed by atoms with E-state index in [2.05, 4.69) is 4.98 Å². The molecule has 1 aromatic heterocycles. The highest BCUT2D eigenvalue weighted by Crippen LogP contribution is 2.26. The molecule has 5 heteroatoms. The highest BCUT2D eigenvalue weighted by atomic mass is 32.1. The molecule has 2 aromatic rings. The largest absolute Gasteiger partial charge is 0.343 e. The summed E-state index contributed by atoms with van der Waals surface area (Å²) in [5.74, 6) is -0.0482. The SMILES string of the molecule is O=C(CCc1csc(-c2ccccc2F)n1)N1CCCCC1. The third-order valence-corrected chi connectivity index (χ3v) is 4.88. The normalized spacial score (nSPS) is 15.0. The number of piperidine rings is 1. The number of halogens is 1. The summed E-state index contributed by atoms with van der Waals surface area (Å²) in [5, 5.41) is 2.60. The second-order valence-electron chi connectivity index (χ2n) is 5.57. The molecule has 1 aliphatic heterocycles. The van der Waals surface area contributed by atoms with Gasteiger partial charge in [0.25, 0.3) is 0 Å². The van der Waals surface area contributed by atoms with Gasteiger partial charge in [0.05, 0.1) is 5.69 Å². The van der Waals surface area contributed by atoms with Crippen LogP contribution in [0.15, 0.2) is 29.6 Å². The van der Waals surface area contributed by atoms with Gasteiger partial charge in [-0.25, -0.2) is 9.37 Å². The molecule has 1 saturated heterocycles. The number of carbonyl (C=O) groups is 1. The van der Waals surface area contributed by atoms with Gasteiger partial charge >= 0.3 is 0 Å². The van der Waals surface area contributed by atoms with Gasteiger partial charge in [-0.1, -0.05) is 12.1 Å². The number of nitrogens with zero attached hydrogens (tertiary/aromatic N) is 2. The van der Waals surface area contributed by atoms with Gasteiger partial charge in [0.15, 0.2) is 0 Å². The number of aryl methyl sites for hydroxylation is 1. The van der Waals surface area contributed by atoms with Crippen LogP contribution < -0.4 is 0 Å². The molecule has 0 radical (unpaired) electrons. The lowest BCUT2D eigenvalue weighted by atomic mass is 10.1. The lowest BCUT2D eigenvalue weighted by Crippen LogP contribution is -2.35. The number of hydrogen-bond acceptors (Lipinski definition) is 3. The van der Waals surface area contributed by atoms with E-state index in [9.17, 15) is 9.18 Å². The van der Waals surface area contributed by atoms with E-state index in [1.54, 1.807) is 18.2 Å². The topological polar surface area (TPSA) is 33.2 Å². The van der Waals surface area contributed by atoms with Gasteiger partial charge < -0.3 is 4.90 Å². The monoisotopic (exact) mass is 318 g/mol. The van der Waals surface area contributed by atoms with E-state index in [0.29, 0.717) is 23.4 Å². The third kappa shape index (κ3) is 3.53. The van der Waals surface area contributed by atoms with Gasteiger partial charge in [-0.15, -0.1) is 11.3 Å². The molecule has 2 heterocycles. The Morgan fingerprint density at radius 2 is 2.00 bits per heavy atom. The van der Waals surface area contributed by atoms with Crippen molar-refractivity contribution in [3.8, 4) is 10.6 Å². The summed E-state index contributed by atoms with van der Waals surface area (Å²) in [6.07, 6.45) is 4.56. The van der Waals surface area contributed by atoms with Gasteiger partial charge in [-0.3, -0.25) is 4.79 Å². The summed E-state index contributed by atoms with van der Waals surface area (Å²) in [6, 6.07) is 6.65. The molecule has 3 nitrogen and oxygen atoms in total. The number of amides is 1. The van der Waals surface area contributed by atoms with E-state index < -0.39 is 0 Å². The van der Waals surface area contributed by atoms with E-state index >= 15 is 0 Å².